The Balaban J connectivity index is 1.31. The molecule has 1 aromatic heterocycles. The Morgan fingerprint density at radius 3 is 2.47 bits per heavy atom. The highest BCUT2D eigenvalue weighted by Crippen LogP contribution is 2.64. The molecule has 2 aliphatic carbocycles. The summed E-state index contributed by atoms with van der Waals surface area (Å²) >= 11 is 9.20. The molecule has 1 aliphatic heterocycles. The number of nitrogens with two attached hydrogens (primary N) is 1. The Morgan fingerprint density at radius 2 is 1.78 bits per heavy atom. The number of sulfonamides is 1. The van der Waals surface area contributed by atoms with E-state index in [0.29, 0.717) is 33.7 Å². The molecule has 5 atom stereocenters. The van der Waals surface area contributed by atoms with Gasteiger partial charge in [0.15, 0.2) is 0 Å². The molecule has 4 unspecified atom stereocenters. The minimum absolute atomic E-state index is 0.0336. The van der Waals surface area contributed by atoms with Gasteiger partial charge in [-0.15, -0.1) is 11.8 Å². The van der Waals surface area contributed by atoms with Gasteiger partial charge in [0.2, 0.25) is 15.9 Å². The number of thioether (sulfide) groups is 1. The van der Waals surface area contributed by atoms with Crippen LogP contribution in [-0.2, 0) is 21.4 Å². The largest absolute Gasteiger partial charge is 0.325 e. The summed E-state index contributed by atoms with van der Waals surface area (Å²) in [6.07, 6.45) is 3.71. The van der Waals surface area contributed by atoms with Crippen molar-refractivity contribution < 1.29 is 13.2 Å². The molecule has 0 saturated heterocycles. The summed E-state index contributed by atoms with van der Waals surface area (Å²) in [6.45, 7) is -0.104. The van der Waals surface area contributed by atoms with Crippen LogP contribution >= 0.6 is 34.7 Å². The maximum Gasteiger partial charge on any atom is 0.308 e. The van der Waals surface area contributed by atoms with Gasteiger partial charge in [-0.25, -0.2) is 13.6 Å². The SMILES string of the molecule is NS(=O)(=O)c1ccc(NC(=O)Cn2c3c(sc2=O)[C@H](c2ccc(Cl)cc2)C2C4CCC(C4)C2S3)cc1. The third kappa shape index (κ3) is 4.22. The van der Waals surface area contributed by atoms with Crippen LogP contribution in [0.3, 0.4) is 0 Å². The first kappa shape index (κ1) is 24.2. The number of nitrogens with zero attached hydrogens (tertiary/aromatic N) is 1. The average molecular weight is 562 g/mol. The Kier molecular flexibility index (Phi) is 6.07. The van der Waals surface area contributed by atoms with E-state index >= 15 is 0 Å². The van der Waals surface area contributed by atoms with Gasteiger partial charge in [0.05, 0.1) is 9.92 Å². The molecule has 7 nitrogen and oxygen atoms in total. The van der Waals surface area contributed by atoms with E-state index in [2.05, 4.69) is 17.4 Å². The molecule has 2 saturated carbocycles. The first-order chi connectivity index (χ1) is 17.2. The van der Waals surface area contributed by atoms with Gasteiger partial charge in [0.1, 0.15) is 6.54 Å². The normalized spacial score (nSPS) is 26.4. The smallest absolute Gasteiger partial charge is 0.308 e. The first-order valence-corrected chi connectivity index (χ1v) is 15.4. The number of aromatic nitrogens is 1. The van der Waals surface area contributed by atoms with Crippen molar-refractivity contribution in [1.29, 1.82) is 0 Å². The zero-order valence-electron chi connectivity index (χ0n) is 19.1. The van der Waals surface area contributed by atoms with Crippen LogP contribution in [0.4, 0.5) is 5.69 Å². The molecule has 2 heterocycles. The number of anilines is 1. The number of benzene rings is 2. The van der Waals surface area contributed by atoms with Gasteiger partial charge in [-0.2, -0.15) is 0 Å². The lowest BCUT2D eigenvalue weighted by Crippen LogP contribution is -2.34. The number of primary sulfonamides is 1. The summed E-state index contributed by atoms with van der Waals surface area (Å²) in [5.41, 5.74) is 1.61. The lowest BCUT2D eigenvalue weighted by atomic mass is 9.75. The molecule has 3 aromatic rings. The molecule has 1 amide bonds. The quantitative estimate of drug-likeness (QED) is 0.476. The van der Waals surface area contributed by atoms with E-state index in [1.807, 2.05) is 12.1 Å². The summed E-state index contributed by atoms with van der Waals surface area (Å²) in [6, 6.07) is 13.6. The molecule has 11 heteroatoms. The lowest BCUT2D eigenvalue weighted by Gasteiger charge is -2.40. The molecule has 2 bridgehead atoms. The van der Waals surface area contributed by atoms with Gasteiger partial charge in [-0.05, 0) is 79.0 Å². The monoisotopic (exact) mass is 561 g/mol. The van der Waals surface area contributed by atoms with Crippen LogP contribution in [0.15, 0.2) is 63.2 Å². The fourth-order valence-electron chi connectivity index (χ4n) is 6.20. The summed E-state index contributed by atoms with van der Waals surface area (Å²) in [4.78, 5) is 26.9. The summed E-state index contributed by atoms with van der Waals surface area (Å²) in [5, 5.41) is 9.93. The van der Waals surface area contributed by atoms with E-state index in [1.165, 1.54) is 60.4 Å². The van der Waals surface area contributed by atoms with E-state index in [4.69, 9.17) is 16.7 Å². The van der Waals surface area contributed by atoms with E-state index in [-0.39, 0.29) is 28.1 Å². The summed E-state index contributed by atoms with van der Waals surface area (Å²) < 4.78 is 24.5. The minimum atomic E-state index is -3.81. The second-order valence-corrected chi connectivity index (χ2v) is 13.9. The van der Waals surface area contributed by atoms with E-state index in [1.54, 1.807) is 16.3 Å². The van der Waals surface area contributed by atoms with Gasteiger partial charge in [0.25, 0.3) is 0 Å². The number of hydrogen-bond donors (Lipinski definition) is 2. The third-order valence-corrected chi connectivity index (χ3v) is 11.7. The van der Waals surface area contributed by atoms with Crippen molar-refractivity contribution in [1.82, 2.24) is 4.57 Å². The molecule has 0 spiro atoms. The second kappa shape index (κ2) is 9.02. The first-order valence-electron chi connectivity index (χ1n) is 11.8. The maximum atomic E-state index is 13.2. The van der Waals surface area contributed by atoms with E-state index < -0.39 is 10.0 Å². The van der Waals surface area contributed by atoms with E-state index in [0.717, 1.165) is 9.90 Å². The number of carbonyl (C=O) groups is 1. The zero-order valence-corrected chi connectivity index (χ0v) is 22.3. The lowest BCUT2D eigenvalue weighted by molar-refractivity contribution is -0.116. The maximum absolute atomic E-state index is 13.2. The second-order valence-electron chi connectivity index (χ2n) is 9.76. The van der Waals surface area contributed by atoms with Gasteiger partial charge >= 0.3 is 4.87 Å². The number of rotatable bonds is 5. The molecule has 6 rings (SSSR count). The fraction of sp³-hybridized carbons (Fsp3) is 0.360. The van der Waals surface area contributed by atoms with Crippen molar-refractivity contribution in [3.63, 3.8) is 0 Å². The van der Waals surface area contributed by atoms with Crippen molar-refractivity contribution in [2.45, 2.75) is 46.9 Å². The topological polar surface area (TPSA) is 111 Å². The average Bonchev–Trinajstić information content (AvgIpc) is 3.53. The van der Waals surface area contributed by atoms with Gasteiger partial charge in [0, 0.05) is 26.8 Å². The predicted octanol–water partition coefficient (Wildman–Crippen LogP) is 4.50. The van der Waals surface area contributed by atoms with Gasteiger partial charge in [-0.3, -0.25) is 14.2 Å². The molecule has 2 aromatic carbocycles. The Hall–Kier alpha value is -2.11. The van der Waals surface area contributed by atoms with Crippen LogP contribution in [0.25, 0.3) is 0 Å². The van der Waals surface area contributed by atoms with Crippen LogP contribution in [0.1, 0.15) is 35.6 Å². The Bertz CT molecular complexity index is 1500. The van der Waals surface area contributed by atoms with Crippen LogP contribution in [0, 0.1) is 17.8 Å². The van der Waals surface area contributed by atoms with Crippen molar-refractivity contribution in [2.75, 3.05) is 5.32 Å². The highest BCUT2D eigenvalue weighted by molar-refractivity contribution is 8.00. The molecular weight excluding hydrogens is 538 g/mol. The van der Waals surface area contributed by atoms with E-state index in [9.17, 15) is 18.0 Å². The molecule has 3 N–H and O–H groups in total. The number of nitrogens with one attached hydrogen (secondary N) is 1. The highest BCUT2D eigenvalue weighted by atomic mass is 35.5. The predicted molar refractivity (Wildman–Crippen MR) is 142 cm³/mol. The third-order valence-electron chi connectivity index (χ3n) is 7.69. The number of amides is 1. The van der Waals surface area contributed by atoms with Crippen LogP contribution in [0.2, 0.25) is 5.02 Å². The molecule has 36 heavy (non-hydrogen) atoms. The highest BCUT2D eigenvalue weighted by Gasteiger charge is 2.55. The number of fused-ring (bicyclic) bond motifs is 6. The summed E-state index contributed by atoms with van der Waals surface area (Å²) in [7, 11) is -3.81. The molecule has 2 fully saturated rings. The van der Waals surface area contributed by atoms with Crippen LogP contribution < -0.4 is 15.3 Å². The van der Waals surface area contributed by atoms with Crippen molar-refractivity contribution >= 4 is 56.3 Å². The van der Waals surface area contributed by atoms with Crippen molar-refractivity contribution in [3.05, 3.63) is 73.7 Å². The van der Waals surface area contributed by atoms with Gasteiger partial charge < -0.3 is 5.32 Å². The summed E-state index contributed by atoms with van der Waals surface area (Å²) in [5.74, 6) is 1.57. The van der Waals surface area contributed by atoms with Crippen LogP contribution in [-0.4, -0.2) is 24.1 Å². The Morgan fingerprint density at radius 1 is 1.08 bits per heavy atom. The standard InChI is InChI=1S/C25H24ClN3O4S3/c26-16-5-3-13(4-6-16)20-21-14-1-2-15(11-14)22(21)34-24-23(20)35-25(31)29(24)12-19(30)28-17-7-9-18(10-8-17)36(27,32)33/h3-10,14-15,20-22H,1-2,11-12H2,(H,28,30)(H2,27,32,33)/t14?,15?,20-,21?,22?/m1/s1. The number of halogens is 1. The number of thiazole rings is 1. The Labute approximate surface area is 222 Å². The zero-order chi connectivity index (χ0) is 25.2. The number of carbonyl (C=O) groups excluding carboxylic acids is 1. The molecule has 0 radical (unpaired) electrons. The van der Waals surface area contributed by atoms with Crippen molar-refractivity contribution in [2.24, 2.45) is 22.9 Å². The fourth-order valence-corrected chi connectivity index (χ4v) is 9.99. The minimum Gasteiger partial charge on any atom is -0.325 e. The molecular formula is C25H24ClN3O4S3. The van der Waals surface area contributed by atoms with Crippen LogP contribution in [0.5, 0.6) is 0 Å². The molecule has 3 aliphatic rings. The molecule has 188 valence electrons. The number of hydrogen-bond acceptors (Lipinski definition) is 6. The van der Waals surface area contributed by atoms with Gasteiger partial charge in [-0.1, -0.05) is 35.1 Å². The van der Waals surface area contributed by atoms with Crippen molar-refractivity contribution in [3.8, 4) is 0 Å².